The van der Waals surface area contributed by atoms with Gasteiger partial charge in [-0.05, 0) is 192 Å². The predicted molar refractivity (Wildman–Crippen MR) is 407 cm³/mol. The predicted octanol–water partition coefficient (Wildman–Crippen LogP) is 12.0. The van der Waals surface area contributed by atoms with Crippen molar-refractivity contribution in [3.8, 4) is 22.3 Å². The van der Waals surface area contributed by atoms with E-state index in [1.54, 1.807) is 41.5 Å². The van der Waals surface area contributed by atoms with Crippen LogP contribution in [0.3, 0.4) is 0 Å². The molecule has 8 amide bonds. The zero-order valence-electron chi connectivity index (χ0n) is 62.8. The first-order chi connectivity index (χ1) is 51.4. The van der Waals surface area contributed by atoms with Crippen molar-refractivity contribution in [2.24, 2.45) is 11.8 Å². The number of carbonyl (C=O) groups excluding carboxylic acids is 10. The molecule has 8 N–H and O–H groups in total. The molecule has 572 valence electrons. The molecule has 3 aliphatic rings. The monoisotopic (exact) mass is 1470 g/mol. The fourth-order valence-electron chi connectivity index (χ4n) is 14.2. The van der Waals surface area contributed by atoms with E-state index < -0.39 is 71.5 Å². The molecule has 107 heavy (non-hydrogen) atoms. The summed E-state index contributed by atoms with van der Waals surface area (Å²) in [6, 6.07) is 41.2. The van der Waals surface area contributed by atoms with Crippen LogP contribution >= 0.6 is 0 Å². The summed E-state index contributed by atoms with van der Waals surface area (Å²) in [4.78, 5) is 134. The van der Waals surface area contributed by atoms with Gasteiger partial charge >= 0.3 is 36.1 Å². The molecule has 9 rings (SSSR count). The van der Waals surface area contributed by atoms with Crippen molar-refractivity contribution in [1.29, 1.82) is 0 Å². The highest BCUT2D eigenvalue weighted by Crippen LogP contribution is 2.46. The Bertz CT molecular complexity index is 3970. The van der Waals surface area contributed by atoms with Crippen LogP contribution in [-0.4, -0.2) is 142 Å². The second-order valence-electron chi connectivity index (χ2n) is 30.0. The number of ether oxygens (including phenoxy) is 5. The Morgan fingerprint density at radius 2 is 0.925 bits per heavy atom. The number of fused-ring (bicyclic) bond motifs is 7. The number of rotatable bonds is 36. The number of methoxy groups -OCH3 is 1. The molecule has 23 nitrogen and oxygen atoms in total. The summed E-state index contributed by atoms with van der Waals surface area (Å²) in [6.45, 7) is 11.7. The molecule has 1 saturated carbocycles. The summed E-state index contributed by atoms with van der Waals surface area (Å²) in [5.41, 5.74) is 8.06. The summed E-state index contributed by atoms with van der Waals surface area (Å²) in [5.74, 6) is -3.53. The summed E-state index contributed by atoms with van der Waals surface area (Å²) in [5, 5.41) is 24.9. The summed E-state index contributed by atoms with van der Waals surface area (Å²) >= 11 is 0. The third-order valence-electron chi connectivity index (χ3n) is 19.6. The third kappa shape index (κ3) is 24.6. The van der Waals surface area contributed by atoms with Crippen LogP contribution in [0, 0.1) is 11.8 Å². The zero-order valence-corrected chi connectivity index (χ0v) is 62.8. The quantitative estimate of drug-likeness (QED) is 0.0103. The minimum atomic E-state index is -1.24. The van der Waals surface area contributed by atoms with Crippen molar-refractivity contribution in [2.45, 2.75) is 198 Å². The standard InChI is InChI=1S/C84H106N8O15/c1-83(2,3)106-74(94)45-44-71(79(99)107-84(4,5)6)91-80(100)90-70(78(98)103-7)36-21-23-47-86-77(97)72(50-55-40-41-56-25-10-11-26-58(56)49-55)89-75(95)57-42-38-54(39-43-57)51-88-73(93)37-9-8-22-46-85-76(96)69(92-82(102)105-53-68-65-33-18-14-29-61(65)62-30-15-19-34-66(62)68)35-20-24-48-87-81(101)104-52-67-63-31-16-12-27-59(63)60-28-13-17-32-64(60)67/h10-19,25-34,40-41,49,54,57,67-72H,8-9,20-24,35-39,42-48,50-53H2,1-7H3,(H,85,96)(H,86,97)(H,87,101)(H,88,93)(H,89,95)(H,92,102)(H2,90,91,100)/t54?,57?,69-,70-,71-,72-/m0/s1. The van der Waals surface area contributed by atoms with Crippen LogP contribution in [0.1, 0.15) is 184 Å². The highest BCUT2D eigenvalue weighted by Gasteiger charge is 2.35. The molecule has 6 aromatic carbocycles. The minimum absolute atomic E-state index is 0.0720. The van der Waals surface area contributed by atoms with Gasteiger partial charge in [0.05, 0.1) is 7.11 Å². The van der Waals surface area contributed by atoms with E-state index in [1.165, 1.54) is 7.11 Å². The van der Waals surface area contributed by atoms with E-state index in [0.29, 0.717) is 96.7 Å². The van der Waals surface area contributed by atoms with Crippen molar-refractivity contribution >= 4 is 70.5 Å². The van der Waals surface area contributed by atoms with Crippen LogP contribution in [0.25, 0.3) is 33.0 Å². The Balaban J connectivity index is 0.687. The molecule has 6 aromatic rings. The van der Waals surface area contributed by atoms with Crippen LogP contribution in [0.2, 0.25) is 0 Å². The molecule has 3 aliphatic carbocycles. The van der Waals surface area contributed by atoms with Gasteiger partial charge in [0, 0.05) is 63.2 Å². The molecule has 0 radical (unpaired) electrons. The number of urea groups is 1. The molecule has 23 heteroatoms. The van der Waals surface area contributed by atoms with Crippen LogP contribution in [0.5, 0.6) is 0 Å². The molecule has 0 saturated heterocycles. The van der Waals surface area contributed by atoms with Gasteiger partial charge in [0.1, 0.15) is 48.6 Å². The summed E-state index contributed by atoms with van der Waals surface area (Å²) in [7, 11) is 1.19. The van der Waals surface area contributed by atoms with Crippen molar-refractivity contribution in [2.75, 3.05) is 46.5 Å². The van der Waals surface area contributed by atoms with Gasteiger partial charge in [0.15, 0.2) is 0 Å². The van der Waals surface area contributed by atoms with Crippen LogP contribution in [-0.2, 0) is 63.7 Å². The Morgan fingerprint density at radius 1 is 0.439 bits per heavy atom. The fourth-order valence-corrected chi connectivity index (χ4v) is 14.2. The lowest BCUT2D eigenvalue weighted by molar-refractivity contribution is -0.158. The average molecular weight is 1470 g/mol. The zero-order chi connectivity index (χ0) is 76.5. The van der Waals surface area contributed by atoms with Crippen LogP contribution in [0.4, 0.5) is 14.4 Å². The largest absolute Gasteiger partial charge is 0.467 e. The molecular formula is C84H106N8O15. The van der Waals surface area contributed by atoms with Gasteiger partial charge in [-0.25, -0.2) is 24.0 Å². The highest BCUT2D eigenvalue weighted by atomic mass is 16.6. The second kappa shape index (κ2) is 39.3. The Kier molecular flexibility index (Phi) is 29.7. The highest BCUT2D eigenvalue weighted by molar-refractivity contribution is 5.91. The molecule has 4 atom stereocenters. The molecule has 0 heterocycles. The smallest absolute Gasteiger partial charge is 0.407 e. The van der Waals surface area contributed by atoms with Gasteiger partial charge in [-0.3, -0.25) is 24.0 Å². The first-order valence-electron chi connectivity index (χ1n) is 37.8. The van der Waals surface area contributed by atoms with E-state index >= 15 is 0 Å². The number of hydrogen-bond acceptors (Lipinski definition) is 15. The number of amides is 8. The molecule has 0 aliphatic heterocycles. The van der Waals surface area contributed by atoms with E-state index in [4.69, 9.17) is 23.7 Å². The molecule has 0 unspecified atom stereocenters. The lowest BCUT2D eigenvalue weighted by Gasteiger charge is -2.29. The average Bonchev–Trinajstić information content (AvgIpc) is 1.62. The molecule has 0 aromatic heterocycles. The number of carbonyl (C=O) groups is 10. The molecule has 1 fully saturated rings. The molecular weight excluding hydrogens is 1360 g/mol. The number of benzene rings is 6. The van der Waals surface area contributed by atoms with E-state index in [-0.39, 0.29) is 99.2 Å². The maximum absolute atomic E-state index is 14.1. The van der Waals surface area contributed by atoms with Crippen molar-refractivity contribution in [1.82, 2.24) is 42.5 Å². The van der Waals surface area contributed by atoms with Crippen LogP contribution in [0.15, 0.2) is 140 Å². The van der Waals surface area contributed by atoms with E-state index in [2.05, 4.69) is 78.9 Å². The van der Waals surface area contributed by atoms with Gasteiger partial charge in [0.25, 0.3) is 0 Å². The maximum atomic E-state index is 14.1. The topological polar surface area (TPSA) is 313 Å². The number of alkyl carbamates (subject to hydrolysis) is 2. The van der Waals surface area contributed by atoms with Gasteiger partial charge in [-0.1, -0.05) is 146 Å². The number of esters is 3. The lowest BCUT2D eigenvalue weighted by Crippen LogP contribution is -2.52. The van der Waals surface area contributed by atoms with Gasteiger partial charge in [-0.2, -0.15) is 0 Å². The normalized spacial score (nSPS) is 15.6. The maximum Gasteiger partial charge on any atom is 0.407 e. The van der Waals surface area contributed by atoms with E-state index in [9.17, 15) is 47.9 Å². The minimum Gasteiger partial charge on any atom is -0.467 e. The SMILES string of the molecule is COC(=O)[C@H](CCCCNC(=O)[C@H](Cc1ccc2ccccc2c1)NC(=O)C1CCC(CNC(=O)CCCCCNC(=O)[C@H](CCCCNC(=O)OCC2c3ccccc3-c3ccccc32)NC(=O)OCC2c3ccccc3-c3ccccc32)CC1)NC(=O)N[C@@H](CCC(=O)OC(C)(C)C)C(=O)OC(C)(C)C. The number of hydrogen-bond donors (Lipinski definition) is 8. The van der Waals surface area contributed by atoms with Crippen molar-refractivity contribution in [3.05, 3.63) is 167 Å². The lowest BCUT2D eigenvalue weighted by atomic mass is 9.81. The summed E-state index contributed by atoms with van der Waals surface area (Å²) < 4.78 is 27.5. The Labute approximate surface area is 627 Å². The second-order valence-corrected chi connectivity index (χ2v) is 30.0. The third-order valence-corrected chi connectivity index (χ3v) is 19.6. The molecule has 0 spiro atoms. The summed E-state index contributed by atoms with van der Waals surface area (Å²) in [6.07, 6.45) is 5.57. The number of nitrogens with one attached hydrogen (secondary N) is 8. The van der Waals surface area contributed by atoms with Gasteiger partial charge in [0.2, 0.25) is 23.6 Å². The van der Waals surface area contributed by atoms with Gasteiger partial charge < -0.3 is 66.2 Å². The molecule has 0 bridgehead atoms. The Hall–Kier alpha value is -10.3. The van der Waals surface area contributed by atoms with Crippen molar-refractivity contribution in [3.63, 3.8) is 0 Å². The first-order valence-corrected chi connectivity index (χ1v) is 37.8. The van der Waals surface area contributed by atoms with Gasteiger partial charge in [-0.15, -0.1) is 0 Å². The van der Waals surface area contributed by atoms with Crippen molar-refractivity contribution < 1.29 is 71.6 Å². The van der Waals surface area contributed by atoms with E-state index in [1.807, 2.05) is 103 Å². The fraction of sp³-hybridized carbons (Fsp3) is 0.476. The number of unbranched alkanes of at least 4 members (excludes halogenated alkanes) is 4. The first kappa shape index (κ1) is 80.8. The van der Waals surface area contributed by atoms with E-state index in [0.717, 1.165) is 60.8 Å². The van der Waals surface area contributed by atoms with Crippen LogP contribution < -0.4 is 42.5 Å². The Morgan fingerprint density at radius 3 is 1.48 bits per heavy atom.